The van der Waals surface area contributed by atoms with Crippen molar-refractivity contribution in [1.29, 1.82) is 0 Å². The molecule has 0 radical (unpaired) electrons. The molecule has 0 aromatic heterocycles. The van der Waals surface area contributed by atoms with E-state index >= 15 is 0 Å². The van der Waals surface area contributed by atoms with Gasteiger partial charge in [-0.05, 0) is 87.4 Å². The van der Waals surface area contributed by atoms with Gasteiger partial charge in [-0.3, -0.25) is 4.79 Å². The Morgan fingerprint density at radius 3 is 2.33 bits per heavy atom. The van der Waals surface area contributed by atoms with E-state index in [4.69, 9.17) is 9.47 Å². The van der Waals surface area contributed by atoms with Crippen LogP contribution in [-0.4, -0.2) is 35.5 Å². The molecule has 5 rings (SSSR count). The van der Waals surface area contributed by atoms with Gasteiger partial charge in [0.05, 0.1) is 13.2 Å². The fourth-order valence-corrected chi connectivity index (χ4v) is 8.45. The van der Waals surface area contributed by atoms with Crippen LogP contribution in [0.1, 0.15) is 78.6 Å². The molecule has 1 spiro atoms. The number of aliphatic hydroxyl groups is 1. The lowest BCUT2D eigenvalue weighted by Gasteiger charge is -2.62. The average molecular weight is 377 g/mol. The van der Waals surface area contributed by atoms with E-state index in [2.05, 4.69) is 13.8 Å². The number of ether oxygens (including phenoxy) is 2. The van der Waals surface area contributed by atoms with Gasteiger partial charge >= 0.3 is 0 Å². The van der Waals surface area contributed by atoms with Crippen LogP contribution < -0.4 is 0 Å². The summed E-state index contributed by atoms with van der Waals surface area (Å²) in [6, 6.07) is 0. The molecule has 27 heavy (non-hydrogen) atoms. The molecular weight excluding hydrogens is 340 g/mol. The number of fused-ring (bicyclic) bond motifs is 6. The van der Waals surface area contributed by atoms with Crippen LogP contribution in [0.4, 0.5) is 0 Å². The quantitative estimate of drug-likeness (QED) is 0.749. The molecule has 7 atom stereocenters. The second-order valence-corrected chi connectivity index (χ2v) is 10.9. The molecule has 1 aliphatic heterocycles. The molecule has 0 bridgehead atoms. The largest absolute Gasteiger partial charge is 0.382 e. The number of Topliss-reactive ketones (excluding diaryl/α,β-unsaturated/α-hetero) is 1. The maximum absolute atomic E-state index is 12.0. The van der Waals surface area contributed by atoms with Crippen molar-refractivity contribution in [2.45, 2.75) is 89.9 Å². The van der Waals surface area contributed by atoms with E-state index in [-0.39, 0.29) is 22.4 Å². The molecule has 1 N–H and O–H groups in total. The number of carbonyl (C=O) groups is 1. The van der Waals surface area contributed by atoms with Crippen LogP contribution in [-0.2, 0) is 14.3 Å². The molecule has 4 heteroatoms. The minimum absolute atomic E-state index is 0.0313. The third-order valence-electron chi connectivity index (χ3n) is 10.2. The number of rotatable bonds is 1. The second-order valence-electron chi connectivity index (χ2n) is 10.9. The normalized spacial score (nSPS) is 53.6. The van der Waals surface area contributed by atoms with Crippen LogP contribution in [0, 0.1) is 34.5 Å². The first-order valence-electron chi connectivity index (χ1n) is 11.3. The Morgan fingerprint density at radius 1 is 0.926 bits per heavy atom. The Bertz CT molecular complexity index is 640. The summed E-state index contributed by atoms with van der Waals surface area (Å²) in [5, 5.41) is 10.8. The van der Waals surface area contributed by atoms with Crippen molar-refractivity contribution in [2.75, 3.05) is 13.2 Å². The van der Waals surface area contributed by atoms with Crippen molar-refractivity contribution in [3.05, 3.63) is 0 Å². The predicted octanol–water partition coefficient (Wildman–Crippen LogP) is 4.09. The lowest BCUT2D eigenvalue weighted by atomic mass is 9.44. The summed E-state index contributed by atoms with van der Waals surface area (Å²) in [4.78, 5) is 12.0. The van der Waals surface area contributed by atoms with Crippen molar-refractivity contribution in [3.63, 3.8) is 0 Å². The molecule has 0 unspecified atom stereocenters. The summed E-state index contributed by atoms with van der Waals surface area (Å²) in [5.41, 5.74) is -0.634. The van der Waals surface area contributed by atoms with Crippen molar-refractivity contribution in [1.82, 2.24) is 0 Å². The summed E-state index contributed by atoms with van der Waals surface area (Å²) in [6.07, 6.45) is 9.46. The Labute approximate surface area is 163 Å². The molecular formula is C23H36O4. The lowest BCUT2D eigenvalue weighted by molar-refractivity contribution is -0.248. The van der Waals surface area contributed by atoms with Crippen LogP contribution in [0.2, 0.25) is 0 Å². The first kappa shape index (κ1) is 18.6. The van der Waals surface area contributed by atoms with Crippen LogP contribution >= 0.6 is 0 Å². The van der Waals surface area contributed by atoms with E-state index in [0.717, 1.165) is 44.3 Å². The number of ketones is 1. The van der Waals surface area contributed by atoms with Gasteiger partial charge in [-0.25, -0.2) is 0 Å². The summed E-state index contributed by atoms with van der Waals surface area (Å²) in [6.45, 7) is 7.99. The molecule has 5 fully saturated rings. The zero-order valence-electron chi connectivity index (χ0n) is 17.3. The van der Waals surface area contributed by atoms with Crippen LogP contribution in [0.5, 0.6) is 0 Å². The first-order valence-corrected chi connectivity index (χ1v) is 11.3. The lowest BCUT2D eigenvalue weighted by Crippen LogP contribution is -2.59. The van der Waals surface area contributed by atoms with Gasteiger partial charge in [-0.1, -0.05) is 13.8 Å². The van der Waals surface area contributed by atoms with Crippen LogP contribution in [0.3, 0.4) is 0 Å². The maximum atomic E-state index is 12.0. The van der Waals surface area contributed by atoms with Gasteiger partial charge in [0.25, 0.3) is 0 Å². The van der Waals surface area contributed by atoms with Crippen LogP contribution in [0.25, 0.3) is 0 Å². The average Bonchev–Trinajstić information content (AvgIpc) is 3.22. The number of carbonyl (C=O) groups excluding carboxylic acids is 1. The predicted molar refractivity (Wildman–Crippen MR) is 102 cm³/mol. The molecule has 4 saturated carbocycles. The summed E-state index contributed by atoms with van der Waals surface area (Å²) < 4.78 is 12.5. The zero-order chi connectivity index (χ0) is 19.1. The van der Waals surface area contributed by atoms with E-state index in [9.17, 15) is 9.90 Å². The topological polar surface area (TPSA) is 55.8 Å². The molecule has 152 valence electrons. The summed E-state index contributed by atoms with van der Waals surface area (Å²) >= 11 is 0. The molecule has 0 aromatic rings. The van der Waals surface area contributed by atoms with E-state index in [1.165, 1.54) is 25.7 Å². The minimum Gasteiger partial charge on any atom is -0.382 e. The van der Waals surface area contributed by atoms with Crippen molar-refractivity contribution in [2.24, 2.45) is 34.5 Å². The highest BCUT2D eigenvalue weighted by Crippen LogP contribution is 2.69. The molecule has 1 saturated heterocycles. The Balaban J connectivity index is 1.42. The monoisotopic (exact) mass is 376 g/mol. The van der Waals surface area contributed by atoms with Gasteiger partial charge in [0, 0.05) is 11.8 Å². The molecule has 4 aliphatic carbocycles. The second kappa shape index (κ2) is 5.79. The van der Waals surface area contributed by atoms with Gasteiger partial charge in [-0.2, -0.15) is 0 Å². The van der Waals surface area contributed by atoms with Crippen molar-refractivity contribution >= 4 is 5.78 Å². The summed E-state index contributed by atoms with van der Waals surface area (Å²) in [5.74, 6) is 2.31. The standard InChI is InChI=1S/C23H36O4/c1-15(24)22(25)11-10-20(2)16(14-22)4-5-17-18(20)6-8-21(3)19(17)7-9-23(21)26-12-13-27-23/h16-19,25H,4-14H2,1-3H3/t16-,17+,18-,19-,20-,21-,22+/m0/s1. The molecule has 0 amide bonds. The Hall–Kier alpha value is -0.450. The summed E-state index contributed by atoms with van der Waals surface area (Å²) in [7, 11) is 0. The van der Waals surface area contributed by atoms with Crippen molar-refractivity contribution < 1.29 is 19.4 Å². The van der Waals surface area contributed by atoms with Gasteiger partial charge in [0.2, 0.25) is 0 Å². The fourth-order valence-electron chi connectivity index (χ4n) is 8.45. The van der Waals surface area contributed by atoms with Gasteiger partial charge < -0.3 is 14.6 Å². The maximum Gasteiger partial charge on any atom is 0.174 e. The molecule has 1 heterocycles. The molecule has 4 nitrogen and oxygen atoms in total. The van der Waals surface area contributed by atoms with E-state index in [1.807, 2.05) is 0 Å². The Morgan fingerprint density at radius 2 is 1.63 bits per heavy atom. The highest BCUT2D eigenvalue weighted by atomic mass is 16.7. The van der Waals surface area contributed by atoms with E-state index in [0.29, 0.717) is 24.7 Å². The number of hydrogen-bond donors (Lipinski definition) is 1. The fraction of sp³-hybridized carbons (Fsp3) is 0.957. The minimum atomic E-state index is -1.07. The van der Waals surface area contributed by atoms with Crippen LogP contribution in [0.15, 0.2) is 0 Å². The van der Waals surface area contributed by atoms with E-state index < -0.39 is 5.60 Å². The zero-order valence-corrected chi connectivity index (χ0v) is 17.3. The molecule has 0 aromatic carbocycles. The smallest absolute Gasteiger partial charge is 0.174 e. The third-order valence-corrected chi connectivity index (χ3v) is 10.2. The highest BCUT2D eigenvalue weighted by molar-refractivity contribution is 5.84. The first-order chi connectivity index (χ1) is 12.7. The Kier molecular flexibility index (Phi) is 3.99. The van der Waals surface area contributed by atoms with Crippen molar-refractivity contribution in [3.8, 4) is 0 Å². The number of hydrogen-bond acceptors (Lipinski definition) is 4. The van der Waals surface area contributed by atoms with Gasteiger partial charge in [0.15, 0.2) is 11.6 Å². The van der Waals surface area contributed by atoms with Gasteiger partial charge in [0.1, 0.15) is 5.60 Å². The molecule has 5 aliphatic rings. The third kappa shape index (κ3) is 2.30. The highest BCUT2D eigenvalue weighted by Gasteiger charge is 2.67. The van der Waals surface area contributed by atoms with Gasteiger partial charge in [-0.15, -0.1) is 0 Å². The van der Waals surface area contributed by atoms with E-state index in [1.54, 1.807) is 6.92 Å². The SMILES string of the molecule is CC(=O)[C@@]1(O)CC[C@@]2(C)[C@@H](CC[C@@H]3[C@@H]2CC[C@@]2(C)[C@H]3CCC23OCCO3)C1.